The summed E-state index contributed by atoms with van der Waals surface area (Å²) < 4.78 is 4.98. The third-order valence-corrected chi connectivity index (χ3v) is 3.30. The molecule has 1 atom stereocenters. The van der Waals surface area contributed by atoms with Gasteiger partial charge in [0.05, 0.1) is 13.3 Å². The molecule has 1 rings (SSSR count). The second-order valence-electron chi connectivity index (χ2n) is 4.06. The Hall–Kier alpha value is -1.03. The predicted molar refractivity (Wildman–Crippen MR) is 70.8 cm³/mol. The number of rotatable bonds is 6. The van der Waals surface area contributed by atoms with Crippen molar-refractivity contribution in [3.05, 3.63) is 11.2 Å². The molecule has 0 saturated heterocycles. The molecule has 1 aromatic heterocycles. The average molecular weight is 258 g/mol. The number of nitrogens with one attached hydrogen (secondary N) is 1. The molecule has 0 aliphatic heterocycles. The van der Waals surface area contributed by atoms with E-state index in [1.807, 2.05) is 0 Å². The van der Waals surface area contributed by atoms with Gasteiger partial charge in [-0.25, -0.2) is 4.98 Å². The predicted octanol–water partition coefficient (Wildman–Crippen LogP) is 3.38. The van der Waals surface area contributed by atoms with Gasteiger partial charge in [-0.3, -0.25) is 0 Å². The smallest absolute Gasteiger partial charge is 0.318 e. The fourth-order valence-corrected chi connectivity index (χ4v) is 2.03. The van der Waals surface area contributed by atoms with Crippen LogP contribution in [0.5, 0.6) is 6.01 Å². The van der Waals surface area contributed by atoms with Crippen molar-refractivity contribution >= 4 is 17.4 Å². The summed E-state index contributed by atoms with van der Waals surface area (Å²) in [5.74, 6) is 1.24. The van der Waals surface area contributed by atoms with Crippen molar-refractivity contribution in [2.45, 2.75) is 39.7 Å². The zero-order valence-electron chi connectivity index (χ0n) is 10.8. The van der Waals surface area contributed by atoms with E-state index in [1.165, 1.54) is 7.11 Å². The van der Waals surface area contributed by atoms with Crippen LogP contribution in [-0.2, 0) is 0 Å². The maximum absolute atomic E-state index is 6.05. The molecule has 96 valence electrons. The molecule has 0 saturated carbocycles. The quantitative estimate of drug-likeness (QED) is 0.849. The van der Waals surface area contributed by atoms with Crippen LogP contribution in [0.1, 0.15) is 33.6 Å². The molecule has 0 radical (unpaired) electrons. The minimum Gasteiger partial charge on any atom is -0.467 e. The van der Waals surface area contributed by atoms with E-state index in [9.17, 15) is 0 Å². The minimum absolute atomic E-state index is 0.321. The number of ether oxygens (including phenoxy) is 1. The highest BCUT2D eigenvalue weighted by atomic mass is 35.5. The topological polar surface area (TPSA) is 47.0 Å². The summed E-state index contributed by atoms with van der Waals surface area (Å²) in [7, 11) is 1.54. The molecule has 0 fully saturated rings. The molecule has 0 aliphatic carbocycles. The van der Waals surface area contributed by atoms with Crippen LogP contribution < -0.4 is 10.1 Å². The molecule has 0 spiro atoms. The summed E-state index contributed by atoms with van der Waals surface area (Å²) in [6, 6.07) is 0.649. The summed E-state index contributed by atoms with van der Waals surface area (Å²) in [5, 5.41) is 3.84. The van der Waals surface area contributed by atoms with Crippen LogP contribution in [0.15, 0.2) is 6.20 Å². The van der Waals surface area contributed by atoms with E-state index >= 15 is 0 Å². The third kappa shape index (κ3) is 3.73. The van der Waals surface area contributed by atoms with Crippen LogP contribution in [0.2, 0.25) is 5.02 Å². The largest absolute Gasteiger partial charge is 0.467 e. The van der Waals surface area contributed by atoms with Gasteiger partial charge < -0.3 is 10.1 Å². The normalized spacial score (nSPS) is 12.6. The number of anilines is 1. The second-order valence-corrected chi connectivity index (χ2v) is 4.47. The van der Waals surface area contributed by atoms with Crippen molar-refractivity contribution < 1.29 is 4.74 Å². The molecule has 1 unspecified atom stereocenters. The molecule has 17 heavy (non-hydrogen) atoms. The summed E-state index contributed by atoms with van der Waals surface area (Å²) in [6.45, 7) is 6.52. The molecule has 1 aromatic rings. The van der Waals surface area contributed by atoms with Crippen LogP contribution in [0.25, 0.3) is 0 Å². The van der Waals surface area contributed by atoms with Gasteiger partial charge in [-0.05, 0) is 12.8 Å². The monoisotopic (exact) mass is 257 g/mol. The van der Waals surface area contributed by atoms with E-state index in [4.69, 9.17) is 16.3 Å². The number of methoxy groups -OCH3 is 1. The summed E-state index contributed by atoms with van der Waals surface area (Å²) in [4.78, 5) is 8.15. The van der Waals surface area contributed by atoms with Gasteiger partial charge in [-0.15, -0.1) is 0 Å². The standard InChI is InChI=1S/C12H20ClN3O/c1-5-9(6-2)8(3)15-11-10(13)7-14-12(16-11)17-4/h7-9H,5-6H2,1-4H3,(H,14,15,16). The van der Waals surface area contributed by atoms with Crippen molar-refractivity contribution in [1.82, 2.24) is 9.97 Å². The van der Waals surface area contributed by atoms with Gasteiger partial charge >= 0.3 is 6.01 Å². The zero-order valence-corrected chi connectivity index (χ0v) is 11.6. The van der Waals surface area contributed by atoms with Gasteiger partial charge in [0.2, 0.25) is 0 Å². The van der Waals surface area contributed by atoms with E-state index < -0.39 is 0 Å². The molecule has 1 heterocycles. The summed E-state index contributed by atoms with van der Waals surface area (Å²) >= 11 is 6.05. The minimum atomic E-state index is 0.321. The first-order valence-corrected chi connectivity index (χ1v) is 6.33. The summed E-state index contributed by atoms with van der Waals surface area (Å²) in [6.07, 6.45) is 3.81. The van der Waals surface area contributed by atoms with Crippen molar-refractivity contribution in [3.63, 3.8) is 0 Å². The maximum atomic E-state index is 6.05. The number of aromatic nitrogens is 2. The van der Waals surface area contributed by atoms with Gasteiger partial charge in [0.25, 0.3) is 0 Å². The van der Waals surface area contributed by atoms with Crippen LogP contribution >= 0.6 is 11.6 Å². The van der Waals surface area contributed by atoms with Crippen molar-refractivity contribution in [2.24, 2.45) is 5.92 Å². The number of hydrogen-bond acceptors (Lipinski definition) is 4. The lowest BCUT2D eigenvalue weighted by Gasteiger charge is -2.23. The van der Waals surface area contributed by atoms with Crippen molar-refractivity contribution in [2.75, 3.05) is 12.4 Å². The first-order valence-electron chi connectivity index (χ1n) is 5.95. The lowest BCUT2D eigenvalue weighted by Crippen LogP contribution is -2.25. The highest BCUT2D eigenvalue weighted by Crippen LogP contribution is 2.23. The SMILES string of the molecule is CCC(CC)C(C)Nc1nc(OC)ncc1Cl. The lowest BCUT2D eigenvalue weighted by atomic mass is 9.95. The average Bonchev–Trinajstić information content (AvgIpc) is 2.33. The van der Waals surface area contributed by atoms with Gasteiger partial charge in [0.1, 0.15) is 5.02 Å². The summed E-state index contributed by atoms with van der Waals surface area (Å²) in [5.41, 5.74) is 0. The second kappa shape index (κ2) is 6.64. The van der Waals surface area contributed by atoms with E-state index in [0.717, 1.165) is 12.8 Å². The van der Waals surface area contributed by atoms with Gasteiger partial charge in [0, 0.05) is 6.04 Å². The molecular weight excluding hydrogens is 238 g/mol. The van der Waals surface area contributed by atoms with Crippen molar-refractivity contribution in [1.29, 1.82) is 0 Å². The Balaban J connectivity index is 2.79. The van der Waals surface area contributed by atoms with Gasteiger partial charge in [-0.1, -0.05) is 38.3 Å². The maximum Gasteiger partial charge on any atom is 0.318 e. The highest BCUT2D eigenvalue weighted by Gasteiger charge is 2.15. The first-order chi connectivity index (χ1) is 8.12. The number of halogens is 1. The van der Waals surface area contributed by atoms with Crippen LogP contribution in [0, 0.1) is 5.92 Å². The molecule has 5 heteroatoms. The lowest BCUT2D eigenvalue weighted by molar-refractivity contribution is 0.379. The van der Waals surface area contributed by atoms with E-state index in [-0.39, 0.29) is 0 Å². The molecule has 0 amide bonds. The number of nitrogens with zero attached hydrogens (tertiary/aromatic N) is 2. The zero-order chi connectivity index (χ0) is 12.8. The molecule has 4 nitrogen and oxygen atoms in total. The number of hydrogen-bond donors (Lipinski definition) is 1. The van der Waals surface area contributed by atoms with Crippen LogP contribution in [0.3, 0.4) is 0 Å². The highest BCUT2D eigenvalue weighted by molar-refractivity contribution is 6.32. The van der Waals surface area contributed by atoms with Crippen LogP contribution in [0.4, 0.5) is 5.82 Å². The third-order valence-electron chi connectivity index (χ3n) is 3.02. The van der Waals surface area contributed by atoms with Gasteiger partial charge in [-0.2, -0.15) is 4.98 Å². The fraction of sp³-hybridized carbons (Fsp3) is 0.667. The first kappa shape index (κ1) is 14.0. The molecule has 1 N–H and O–H groups in total. The van der Waals surface area contributed by atoms with Crippen molar-refractivity contribution in [3.8, 4) is 6.01 Å². The van der Waals surface area contributed by atoms with E-state index in [1.54, 1.807) is 6.20 Å². The van der Waals surface area contributed by atoms with E-state index in [0.29, 0.717) is 28.8 Å². The Kier molecular flexibility index (Phi) is 5.48. The van der Waals surface area contributed by atoms with Gasteiger partial charge in [0.15, 0.2) is 5.82 Å². The Morgan fingerprint density at radius 3 is 2.59 bits per heavy atom. The Labute approximate surface area is 108 Å². The fourth-order valence-electron chi connectivity index (χ4n) is 1.88. The Morgan fingerprint density at radius 2 is 2.06 bits per heavy atom. The molecule has 0 bridgehead atoms. The molecule has 0 aliphatic rings. The molecule has 0 aromatic carbocycles. The van der Waals surface area contributed by atoms with Crippen LogP contribution in [-0.4, -0.2) is 23.1 Å². The Morgan fingerprint density at radius 1 is 1.41 bits per heavy atom. The Bertz CT molecular complexity index is 356. The molecular formula is C12H20ClN3O. The van der Waals surface area contributed by atoms with E-state index in [2.05, 4.69) is 36.1 Å².